The van der Waals surface area contributed by atoms with Crippen molar-refractivity contribution in [1.29, 1.82) is 0 Å². The number of aliphatic hydroxyl groups is 1. The summed E-state index contributed by atoms with van der Waals surface area (Å²) in [6.45, 7) is 12.6. The van der Waals surface area contributed by atoms with Crippen molar-refractivity contribution in [3.8, 4) is 0 Å². The molecule has 2 heteroatoms. The molecule has 0 radical (unpaired) electrons. The Labute approximate surface area is 186 Å². The van der Waals surface area contributed by atoms with Crippen LogP contribution in [0.15, 0.2) is 72.8 Å². The lowest BCUT2D eigenvalue weighted by molar-refractivity contribution is 0.318. The van der Waals surface area contributed by atoms with Gasteiger partial charge in [-0.25, -0.2) is 0 Å². The normalized spacial score (nSPS) is 10.0. The summed E-state index contributed by atoms with van der Waals surface area (Å²) in [5.41, 5.74) is 4.23. The second-order valence-electron chi connectivity index (χ2n) is 6.84. The van der Waals surface area contributed by atoms with Crippen molar-refractivity contribution < 1.29 is 5.11 Å². The van der Waals surface area contributed by atoms with Gasteiger partial charge in [0.25, 0.3) is 0 Å². The van der Waals surface area contributed by atoms with Crippen molar-refractivity contribution in [3.63, 3.8) is 0 Å². The third kappa shape index (κ3) is 7.71. The summed E-state index contributed by atoms with van der Waals surface area (Å²) in [7, 11) is -0.951. The van der Waals surface area contributed by atoms with E-state index in [1.54, 1.807) is 6.92 Å². The van der Waals surface area contributed by atoms with Crippen LogP contribution in [-0.4, -0.2) is 11.7 Å². The van der Waals surface area contributed by atoms with Crippen LogP contribution < -0.4 is 15.9 Å². The summed E-state index contributed by atoms with van der Waals surface area (Å²) in [6.07, 6.45) is 3.29. The van der Waals surface area contributed by atoms with Crippen molar-refractivity contribution in [3.05, 3.63) is 89.5 Å². The topological polar surface area (TPSA) is 20.2 Å². The third-order valence-corrected chi connectivity index (χ3v) is 7.68. The Balaban J connectivity index is 0.000000826. The predicted molar refractivity (Wildman–Crippen MR) is 139 cm³/mol. The molecule has 0 aromatic heterocycles. The highest BCUT2D eigenvalue weighted by atomic mass is 31.1. The van der Waals surface area contributed by atoms with E-state index in [-0.39, 0.29) is 6.61 Å². The van der Waals surface area contributed by atoms with E-state index in [9.17, 15) is 0 Å². The fourth-order valence-corrected chi connectivity index (χ4v) is 5.72. The van der Waals surface area contributed by atoms with E-state index < -0.39 is 7.92 Å². The largest absolute Gasteiger partial charge is 0.397 e. The van der Waals surface area contributed by atoms with Crippen molar-refractivity contribution in [2.75, 3.05) is 6.61 Å². The molecule has 0 spiro atoms. The number of benzene rings is 3. The smallest absolute Gasteiger partial charge is 0.102 e. The van der Waals surface area contributed by atoms with E-state index >= 15 is 0 Å². The maximum Gasteiger partial charge on any atom is 0.102 e. The quantitative estimate of drug-likeness (QED) is 0.490. The number of aryl methyl sites for hydroxylation is 3. The first-order valence-electron chi connectivity index (χ1n) is 11.4. The van der Waals surface area contributed by atoms with E-state index in [2.05, 4.69) is 93.6 Å². The average molecular weight is 424 g/mol. The van der Waals surface area contributed by atoms with Gasteiger partial charge in [-0.1, -0.05) is 71.0 Å². The molecule has 0 unspecified atom stereocenters. The minimum absolute atomic E-state index is 0.250. The number of aliphatic hydroxyl groups excluding tert-OH is 1. The van der Waals surface area contributed by atoms with Crippen LogP contribution in [0.5, 0.6) is 0 Å². The molecular formula is C28H40OP+. The van der Waals surface area contributed by atoms with Crippen molar-refractivity contribution in [2.24, 2.45) is 0 Å². The SMILES string of the molecule is CC.CCO.CCc1ccc([PH+](c2ccc(CC)cc2)c2ccc(CC)cc2)cc1. The van der Waals surface area contributed by atoms with Crippen molar-refractivity contribution >= 4 is 23.8 Å². The molecule has 1 nitrogen and oxygen atoms in total. The van der Waals surface area contributed by atoms with Crippen LogP contribution in [0.4, 0.5) is 0 Å². The molecule has 0 amide bonds. The lowest BCUT2D eigenvalue weighted by Gasteiger charge is -2.12. The Kier molecular flexibility index (Phi) is 13.0. The van der Waals surface area contributed by atoms with Gasteiger partial charge in [-0.15, -0.1) is 0 Å². The molecule has 0 heterocycles. The van der Waals surface area contributed by atoms with Gasteiger partial charge >= 0.3 is 0 Å². The highest BCUT2D eigenvalue weighted by molar-refractivity contribution is 7.79. The number of hydrogen-bond donors (Lipinski definition) is 1. The van der Waals surface area contributed by atoms with E-state index in [4.69, 9.17) is 5.11 Å². The van der Waals surface area contributed by atoms with Gasteiger partial charge in [0, 0.05) is 6.61 Å². The second-order valence-corrected chi connectivity index (χ2v) is 9.32. The zero-order valence-corrected chi connectivity index (χ0v) is 20.7. The molecule has 0 atom stereocenters. The Morgan fingerprint density at radius 3 is 0.867 bits per heavy atom. The molecule has 162 valence electrons. The van der Waals surface area contributed by atoms with E-state index in [0.717, 1.165) is 19.3 Å². The van der Waals surface area contributed by atoms with Gasteiger partial charge in [-0.3, -0.25) is 0 Å². The molecule has 0 saturated heterocycles. The summed E-state index contributed by atoms with van der Waals surface area (Å²) in [5, 5.41) is 12.0. The predicted octanol–water partition coefficient (Wildman–Crippen LogP) is 5.89. The second kappa shape index (κ2) is 14.9. The summed E-state index contributed by atoms with van der Waals surface area (Å²) in [6, 6.07) is 27.8. The maximum absolute atomic E-state index is 7.57. The molecule has 0 aliphatic heterocycles. The molecule has 0 saturated carbocycles. The standard InChI is InChI=1S/C24H27P.C2H6O.C2H6/c1-4-19-7-13-22(14-8-19)25(23-15-9-20(5-2)10-16-23)24-17-11-21(6-3)12-18-24;1-2-3;1-2/h7-18H,4-6H2,1-3H3;3H,2H2,1H3;1-2H3/p+1. The van der Waals surface area contributed by atoms with E-state index in [0.29, 0.717) is 0 Å². The Morgan fingerprint density at radius 2 is 0.700 bits per heavy atom. The fraction of sp³-hybridized carbons (Fsp3) is 0.357. The van der Waals surface area contributed by atoms with Crippen LogP contribution in [0.2, 0.25) is 0 Å². The Hall–Kier alpha value is -1.95. The minimum Gasteiger partial charge on any atom is -0.397 e. The first-order valence-corrected chi connectivity index (χ1v) is 12.9. The molecule has 30 heavy (non-hydrogen) atoms. The Morgan fingerprint density at radius 1 is 0.500 bits per heavy atom. The van der Waals surface area contributed by atoms with Crippen molar-refractivity contribution in [1.82, 2.24) is 0 Å². The van der Waals surface area contributed by atoms with Crippen LogP contribution in [-0.2, 0) is 19.3 Å². The van der Waals surface area contributed by atoms with Gasteiger partial charge in [-0.2, -0.15) is 0 Å². The molecule has 3 aromatic rings. The zero-order chi connectivity index (χ0) is 22.4. The molecule has 0 aliphatic rings. The summed E-state index contributed by atoms with van der Waals surface area (Å²) in [4.78, 5) is 0. The lowest BCUT2D eigenvalue weighted by Crippen LogP contribution is -2.20. The lowest BCUT2D eigenvalue weighted by atomic mass is 10.2. The molecule has 0 fully saturated rings. The molecule has 0 bridgehead atoms. The summed E-state index contributed by atoms with van der Waals surface area (Å²) < 4.78 is 0. The molecule has 1 N–H and O–H groups in total. The molecular weight excluding hydrogens is 383 g/mol. The van der Waals surface area contributed by atoms with Gasteiger partial charge < -0.3 is 5.11 Å². The van der Waals surface area contributed by atoms with Crippen LogP contribution >= 0.6 is 7.92 Å². The first kappa shape index (κ1) is 26.1. The van der Waals surface area contributed by atoms with Crippen LogP contribution in [0.25, 0.3) is 0 Å². The maximum atomic E-state index is 7.57. The van der Waals surface area contributed by atoms with Crippen LogP contribution in [0, 0.1) is 0 Å². The monoisotopic (exact) mass is 423 g/mol. The number of rotatable bonds is 6. The van der Waals surface area contributed by atoms with Gasteiger partial charge in [0.2, 0.25) is 0 Å². The molecule has 3 aromatic carbocycles. The van der Waals surface area contributed by atoms with Gasteiger partial charge in [0.05, 0.1) is 7.92 Å². The summed E-state index contributed by atoms with van der Waals surface area (Å²) >= 11 is 0. The van der Waals surface area contributed by atoms with Crippen molar-refractivity contribution in [2.45, 2.75) is 60.8 Å². The zero-order valence-electron chi connectivity index (χ0n) is 19.7. The van der Waals surface area contributed by atoms with Gasteiger partial charge in [0.15, 0.2) is 0 Å². The van der Waals surface area contributed by atoms with Crippen LogP contribution in [0.3, 0.4) is 0 Å². The molecule has 0 aliphatic carbocycles. The van der Waals surface area contributed by atoms with Crippen LogP contribution in [0.1, 0.15) is 58.2 Å². The fourth-order valence-electron chi connectivity index (χ4n) is 3.22. The first-order chi connectivity index (χ1) is 14.7. The van der Waals surface area contributed by atoms with E-state index in [1.807, 2.05) is 13.8 Å². The van der Waals surface area contributed by atoms with E-state index in [1.165, 1.54) is 32.6 Å². The Bertz CT molecular complexity index is 692. The number of hydrogen-bond acceptors (Lipinski definition) is 1. The average Bonchev–Trinajstić information content (AvgIpc) is 2.82. The third-order valence-electron chi connectivity index (χ3n) is 4.95. The van der Waals surface area contributed by atoms with Gasteiger partial charge in [0.1, 0.15) is 15.9 Å². The highest BCUT2D eigenvalue weighted by Gasteiger charge is 2.25. The minimum atomic E-state index is -0.951. The highest BCUT2D eigenvalue weighted by Crippen LogP contribution is 2.33. The van der Waals surface area contributed by atoms with Gasteiger partial charge in [-0.05, 0) is 79.3 Å². The molecule has 3 rings (SSSR count). The summed E-state index contributed by atoms with van der Waals surface area (Å²) in [5.74, 6) is 0.